The molecule has 0 spiro atoms. The van der Waals surface area contributed by atoms with Gasteiger partial charge in [-0.15, -0.1) is 0 Å². The summed E-state index contributed by atoms with van der Waals surface area (Å²) in [6, 6.07) is 34.5. The first-order valence-corrected chi connectivity index (χ1v) is 41.1. The Balaban J connectivity index is 0.000000222. The maximum absolute atomic E-state index is 12.2. The van der Waals surface area contributed by atoms with Gasteiger partial charge in [-0.05, 0) is 110 Å². The van der Waals surface area contributed by atoms with Crippen LogP contribution in [0.25, 0.3) is 0 Å². The topological polar surface area (TPSA) is 94.0 Å². The first kappa shape index (κ1) is 75.7. The number of halogens is 7. The summed E-state index contributed by atoms with van der Waals surface area (Å²) in [5, 5.41) is 1.78. The van der Waals surface area contributed by atoms with Crippen molar-refractivity contribution < 1.29 is 64.0 Å². The minimum atomic E-state index is -4.94. The fourth-order valence-corrected chi connectivity index (χ4v) is 14.8. The van der Waals surface area contributed by atoms with E-state index in [1.807, 2.05) is 38.1 Å². The van der Waals surface area contributed by atoms with E-state index < -0.39 is 45.2 Å². The number of ether oxygens (including phenoxy) is 3. The number of nitrogens with zero attached hydrogens (tertiary/aromatic N) is 4. The third-order valence-electron chi connectivity index (χ3n) is 15.0. The van der Waals surface area contributed by atoms with E-state index in [1.165, 1.54) is 104 Å². The first-order chi connectivity index (χ1) is 42.2. The number of aryl methyl sites for hydroxylation is 6. The summed E-state index contributed by atoms with van der Waals surface area (Å²) in [4.78, 5) is 32.0. The van der Waals surface area contributed by atoms with Crippen molar-refractivity contribution in [3.63, 3.8) is 0 Å². The zero-order valence-electron chi connectivity index (χ0n) is 55.2. The van der Waals surface area contributed by atoms with Crippen LogP contribution in [0.2, 0.25) is 0 Å². The number of aliphatic hydroxyl groups is 2. The van der Waals surface area contributed by atoms with Gasteiger partial charge in [-0.3, -0.25) is 0 Å². The number of benzene rings is 6. The molecule has 90 heavy (non-hydrogen) atoms. The fourth-order valence-electron chi connectivity index (χ4n) is 11.2. The molecule has 6 aromatic rings. The number of rotatable bonds is 16. The largest absolute Gasteiger partial charge is 0.502 e. The smallest absolute Gasteiger partial charge is 0.0146 e. The van der Waals surface area contributed by atoms with Crippen LogP contribution in [0.15, 0.2) is 103 Å². The summed E-state index contributed by atoms with van der Waals surface area (Å²) in [5.74, 6) is 0.917. The van der Waals surface area contributed by atoms with Gasteiger partial charge in [0.2, 0.25) is 0 Å². The summed E-state index contributed by atoms with van der Waals surface area (Å²) < 4.78 is 53.3. The zero-order chi connectivity index (χ0) is 67.1. The van der Waals surface area contributed by atoms with Crippen LogP contribution in [0.1, 0.15) is 167 Å². The average Bonchev–Trinajstić information content (AvgIpc) is 1.61. The summed E-state index contributed by atoms with van der Waals surface area (Å²) >= 11 is -4.08. The van der Waals surface area contributed by atoms with Gasteiger partial charge in [0.15, 0.2) is 0 Å². The number of carbonyl (C=O) groups is 2. The number of amides is 1. The molecular weight excluding hydrogens is 1400 g/mol. The number of methoxy groups -OCH3 is 1. The monoisotopic (exact) mass is 1500 g/mol. The number of anilines is 5. The molecule has 2 heterocycles. The number of carbonyl (C=O) groups excluding carboxylic acids is 2. The predicted octanol–water partition coefficient (Wildman–Crippen LogP) is 19.1. The summed E-state index contributed by atoms with van der Waals surface area (Å²) in [6.45, 7) is 45.9. The van der Waals surface area contributed by atoms with Crippen molar-refractivity contribution in [3.05, 3.63) is 183 Å². The summed E-state index contributed by atoms with van der Waals surface area (Å²) in [5.41, 5.74) is 20.9. The maximum Gasteiger partial charge on any atom is 0.0146 e. The van der Waals surface area contributed by atoms with Crippen molar-refractivity contribution in [2.45, 2.75) is 160 Å². The first-order valence-electron chi connectivity index (χ1n) is 30.2. The zero-order valence-corrected chi connectivity index (χ0v) is 61.7. The second-order valence-corrected chi connectivity index (χ2v) is 35.6. The van der Waals surface area contributed by atoms with Gasteiger partial charge in [0, 0.05) is 48.9 Å². The van der Waals surface area contributed by atoms with Crippen molar-refractivity contribution >= 4 is 88.3 Å². The third kappa shape index (κ3) is 21.5. The molecular formula is C71H92Cl4F3N5O5Ru2. The van der Waals surface area contributed by atoms with E-state index in [4.69, 9.17) is 38.8 Å². The molecule has 8 rings (SSSR count). The number of hydrogen-bond donors (Lipinski definition) is 1. The Labute approximate surface area is 560 Å². The van der Waals surface area contributed by atoms with Gasteiger partial charge in [-0.1, -0.05) is 127 Å². The van der Waals surface area contributed by atoms with E-state index in [9.17, 15) is 22.8 Å². The molecule has 2 fully saturated rings. The van der Waals surface area contributed by atoms with Gasteiger partial charge < -0.3 is 19.6 Å². The van der Waals surface area contributed by atoms with Crippen LogP contribution >= 0.6 is 38.8 Å². The number of nitrogens with one attached hydrogen (secondary N) is 1. The van der Waals surface area contributed by atoms with Gasteiger partial charge in [0.1, 0.15) is 0 Å². The van der Waals surface area contributed by atoms with E-state index in [0.29, 0.717) is 40.7 Å². The molecule has 1 unspecified atom stereocenters. The van der Waals surface area contributed by atoms with Crippen molar-refractivity contribution in [1.82, 2.24) is 0 Å². The van der Waals surface area contributed by atoms with E-state index in [-0.39, 0.29) is 17.8 Å². The van der Waals surface area contributed by atoms with Crippen LogP contribution in [0.3, 0.4) is 0 Å². The van der Waals surface area contributed by atoms with E-state index >= 15 is 0 Å². The van der Waals surface area contributed by atoms with E-state index in [2.05, 4.69) is 205 Å². The van der Waals surface area contributed by atoms with Gasteiger partial charge in [0.05, 0.1) is 0 Å². The van der Waals surface area contributed by atoms with Crippen LogP contribution in [0.4, 0.5) is 41.6 Å². The van der Waals surface area contributed by atoms with Crippen molar-refractivity contribution in [2.24, 2.45) is 0 Å². The molecule has 6 aromatic carbocycles. The Kier molecular flexibility index (Phi) is 29.3. The molecule has 2 saturated heterocycles. The Morgan fingerprint density at radius 3 is 1.24 bits per heavy atom. The van der Waals surface area contributed by atoms with Crippen LogP contribution in [0.5, 0.6) is 11.5 Å². The summed E-state index contributed by atoms with van der Waals surface area (Å²) in [7, 11) is 24.6. The van der Waals surface area contributed by atoms with Gasteiger partial charge in [-0.25, -0.2) is 0 Å². The van der Waals surface area contributed by atoms with Crippen LogP contribution in [0, 0.1) is 54.9 Å². The van der Waals surface area contributed by atoms with Gasteiger partial charge in [-0.2, -0.15) is 13.3 Å². The predicted molar refractivity (Wildman–Crippen MR) is 370 cm³/mol. The molecule has 10 nitrogen and oxygen atoms in total. The minimum absolute atomic E-state index is 0.000864. The van der Waals surface area contributed by atoms with Crippen molar-refractivity contribution in [3.8, 4) is 11.5 Å². The molecule has 0 bridgehead atoms. The maximum atomic E-state index is 12.2. The van der Waals surface area contributed by atoms with Gasteiger partial charge >= 0.3 is 246 Å². The molecule has 2 aliphatic heterocycles. The average molecular weight is 1500 g/mol. The Hall–Kier alpha value is -5.00. The molecule has 2 aliphatic rings. The molecule has 0 radical (unpaired) electrons. The standard InChI is InChI=1S/C27H39N2.C21H27N2.C12H12F3NO2.C11H12O3.4ClH.2Ru/c1-18(2)22-11-9-12-23(19(3)4)26(22)28-15-16-29(17-28)27-24(20(5)6)13-10-14-25(27)21(7)8;1-14-9-16(3)20(17(4)10-14)22-7-8-23(13-22)21-18(5)11-15(2)12-19(21)6;1-7(2)18-10-5-4-9(6-8(10)3)16-11(17)12(13,14)15;1-8-6-4-5-7-10(8)14-9(2)11(12)13-3;;;;;;/h9-14,17-21H,15-16H2,1-8H3;9-13H,7-8H2,1-6H3;3-7H,1-2H3,(H,16,17);1,4-7,9H,2-3H3;4*1H;;/q2*-1;;;;;;;2*+2/p-2. The number of para-hydroxylation sites is 3. The number of esters is 1. The quantitative estimate of drug-likeness (QED) is 0.0339. The summed E-state index contributed by atoms with van der Waals surface area (Å²) in [6.07, 6.45) is -5.48. The molecule has 1 atom stereocenters. The fraction of sp³-hybridized carbons (Fsp3) is 0.408. The molecule has 0 aliphatic carbocycles. The normalized spacial score (nSPS) is 13.8. The van der Waals surface area contributed by atoms with Crippen LogP contribution in [-0.4, -0.2) is 82.2 Å². The second kappa shape index (κ2) is 34.8. The molecule has 19 heteroatoms. The Morgan fingerprint density at radius 2 is 0.889 bits per heavy atom. The molecule has 496 valence electrons. The molecule has 1 amide bonds. The van der Waals surface area contributed by atoms with Crippen LogP contribution < -0.4 is 24.9 Å². The number of alkyl halides is 3. The van der Waals surface area contributed by atoms with Crippen molar-refractivity contribution in [1.29, 1.82) is 0 Å². The van der Waals surface area contributed by atoms with E-state index in [1.54, 1.807) is 21.5 Å². The Morgan fingerprint density at radius 1 is 0.522 bits per heavy atom. The number of hydrogen-bond acceptors (Lipinski definition) is 7. The second-order valence-electron chi connectivity index (χ2n) is 24.1. The SMILES string of the molecule is CC(C)[OH+]c1ccc(NC(=O)C(F)(F)F)cc1[CH]=[Ru]([Cl])[Cl].CC(C)c1cccc(C(C)C)c1N1[CH-]N(c2c(C(C)C)cccc2C(C)C)CC1.COC(=O)C(C)[OH+]c1ccccc1[CH]=[Ru]([Cl])[Cl].Cc1cc(C)c(N2[CH-]N(c3c(C)cc(C)cc3C)CC2)c(C)c1. The number of aromatic hydroxyl groups is 2. The van der Waals surface area contributed by atoms with E-state index in [0.717, 1.165) is 31.7 Å². The molecule has 0 saturated carbocycles. The minimum Gasteiger partial charge on any atom is -0.502 e. The molecule has 0 aromatic heterocycles. The van der Waals surface area contributed by atoms with Crippen molar-refractivity contribution in [2.75, 3.05) is 58.2 Å². The third-order valence-corrected chi connectivity index (χ3v) is 18.6. The van der Waals surface area contributed by atoms with Gasteiger partial charge in [0.25, 0.3) is 0 Å². The Bertz CT molecular complexity index is 3250. The molecule has 3 N–H and O–H groups in total. The van der Waals surface area contributed by atoms with Crippen LogP contribution in [-0.2, 0) is 41.4 Å².